The molecule has 0 radical (unpaired) electrons. The van der Waals surface area contributed by atoms with Crippen LogP contribution in [0.4, 0.5) is 0 Å². The van der Waals surface area contributed by atoms with Crippen LogP contribution in [0.25, 0.3) is 0 Å². The summed E-state index contributed by atoms with van der Waals surface area (Å²) in [6.07, 6.45) is 0. The molecule has 0 aliphatic heterocycles. The minimum atomic E-state index is 0.585. The van der Waals surface area contributed by atoms with Gasteiger partial charge in [0.05, 0.1) is 12.2 Å². The zero-order valence-electron chi connectivity index (χ0n) is 14.5. The molecule has 0 atom stereocenters. The molecule has 0 spiro atoms. The van der Waals surface area contributed by atoms with Gasteiger partial charge in [0.2, 0.25) is 0 Å². The highest BCUT2D eigenvalue weighted by Crippen LogP contribution is 2.10. The average molecular weight is 310 g/mol. The predicted molar refractivity (Wildman–Crippen MR) is 96.4 cm³/mol. The highest BCUT2D eigenvalue weighted by atomic mass is 15.3. The van der Waals surface area contributed by atoms with E-state index in [1.54, 1.807) is 0 Å². The van der Waals surface area contributed by atoms with Gasteiger partial charge in [0.1, 0.15) is 0 Å². The van der Waals surface area contributed by atoms with Gasteiger partial charge < -0.3 is 10.2 Å². The van der Waals surface area contributed by atoms with Crippen molar-refractivity contribution in [3.05, 3.63) is 65.0 Å². The minimum Gasteiger partial charge on any atom is -0.357 e. The van der Waals surface area contributed by atoms with Crippen LogP contribution < -0.4 is 5.32 Å². The summed E-state index contributed by atoms with van der Waals surface area (Å²) < 4.78 is 0. The molecule has 0 aliphatic rings. The summed E-state index contributed by atoms with van der Waals surface area (Å²) in [6.45, 7) is 8.49. The zero-order chi connectivity index (χ0) is 16.7. The summed E-state index contributed by atoms with van der Waals surface area (Å²) in [7, 11) is 2.07. The first-order chi connectivity index (χ1) is 11.1. The van der Waals surface area contributed by atoms with E-state index >= 15 is 0 Å². The van der Waals surface area contributed by atoms with Crippen molar-refractivity contribution in [1.82, 2.24) is 15.2 Å². The molecule has 1 aromatic heterocycles. The third-order valence-electron chi connectivity index (χ3n) is 3.70. The van der Waals surface area contributed by atoms with Crippen molar-refractivity contribution in [1.29, 1.82) is 0 Å². The summed E-state index contributed by atoms with van der Waals surface area (Å²) >= 11 is 0. The lowest BCUT2D eigenvalue weighted by molar-refractivity contribution is 0.475. The number of rotatable bonds is 5. The van der Waals surface area contributed by atoms with Crippen LogP contribution in [0, 0.1) is 13.8 Å². The first-order valence-electron chi connectivity index (χ1n) is 8.06. The third-order valence-corrected chi connectivity index (χ3v) is 3.70. The fourth-order valence-electron chi connectivity index (χ4n) is 2.43. The number of aryl methyl sites for hydroxylation is 2. The molecule has 0 aliphatic carbocycles. The van der Waals surface area contributed by atoms with E-state index < -0.39 is 0 Å². The van der Waals surface area contributed by atoms with Crippen LogP contribution in [0.15, 0.2) is 47.5 Å². The van der Waals surface area contributed by atoms with Gasteiger partial charge in [-0.3, -0.25) is 4.98 Å². The van der Waals surface area contributed by atoms with Gasteiger partial charge in [-0.05, 0) is 44.0 Å². The van der Waals surface area contributed by atoms with Crippen molar-refractivity contribution in [2.75, 3.05) is 13.6 Å². The second-order valence-electron chi connectivity index (χ2n) is 5.72. The Labute approximate surface area is 139 Å². The molecule has 23 heavy (non-hydrogen) atoms. The molecule has 1 aromatic carbocycles. The topological polar surface area (TPSA) is 40.5 Å². The van der Waals surface area contributed by atoms with Crippen LogP contribution in [0.3, 0.4) is 0 Å². The second-order valence-corrected chi connectivity index (χ2v) is 5.72. The van der Waals surface area contributed by atoms with E-state index in [0.717, 1.165) is 30.4 Å². The Kier molecular flexibility index (Phi) is 6.15. The molecular formula is C19H26N4. The third kappa shape index (κ3) is 5.09. The molecule has 1 N–H and O–H groups in total. The molecule has 4 heteroatoms. The molecule has 1 heterocycles. The van der Waals surface area contributed by atoms with Gasteiger partial charge in [0.15, 0.2) is 5.96 Å². The molecule has 0 saturated carbocycles. The fourth-order valence-corrected chi connectivity index (χ4v) is 2.43. The van der Waals surface area contributed by atoms with Crippen LogP contribution in [-0.2, 0) is 13.1 Å². The lowest BCUT2D eigenvalue weighted by Gasteiger charge is -2.23. The molecule has 0 amide bonds. The number of guanidine groups is 1. The standard InChI is InChI=1S/C19H26N4/c1-5-20-19(21-13-18-12-8-10-16(3)22-18)23(4)14-17-11-7-6-9-15(17)2/h6-12H,5,13-14H2,1-4H3,(H,20,21). The van der Waals surface area contributed by atoms with Crippen molar-refractivity contribution < 1.29 is 0 Å². The molecule has 0 unspecified atom stereocenters. The Hall–Kier alpha value is -2.36. The quantitative estimate of drug-likeness (QED) is 0.680. The van der Waals surface area contributed by atoms with E-state index in [2.05, 4.69) is 60.4 Å². The van der Waals surface area contributed by atoms with Gasteiger partial charge in [-0.15, -0.1) is 0 Å². The van der Waals surface area contributed by atoms with E-state index in [0.29, 0.717) is 6.54 Å². The summed E-state index contributed by atoms with van der Waals surface area (Å²) in [5.74, 6) is 0.902. The number of nitrogens with one attached hydrogen (secondary N) is 1. The van der Waals surface area contributed by atoms with Gasteiger partial charge in [0.25, 0.3) is 0 Å². The maximum absolute atomic E-state index is 4.72. The molecule has 4 nitrogen and oxygen atoms in total. The van der Waals surface area contributed by atoms with Crippen LogP contribution >= 0.6 is 0 Å². The average Bonchev–Trinajstić information content (AvgIpc) is 2.53. The Morgan fingerprint density at radius 2 is 1.91 bits per heavy atom. The van der Waals surface area contributed by atoms with E-state index in [-0.39, 0.29) is 0 Å². The van der Waals surface area contributed by atoms with Gasteiger partial charge >= 0.3 is 0 Å². The van der Waals surface area contributed by atoms with Crippen LogP contribution in [-0.4, -0.2) is 29.4 Å². The monoisotopic (exact) mass is 310 g/mol. The first-order valence-corrected chi connectivity index (χ1v) is 8.06. The number of aromatic nitrogens is 1. The summed E-state index contributed by atoms with van der Waals surface area (Å²) in [5.41, 5.74) is 4.63. The number of hydrogen-bond acceptors (Lipinski definition) is 2. The Balaban J connectivity index is 2.10. The second kappa shape index (κ2) is 8.32. The maximum Gasteiger partial charge on any atom is 0.194 e. The summed E-state index contributed by atoms with van der Waals surface area (Å²) in [6, 6.07) is 14.5. The molecule has 2 aromatic rings. The minimum absolute atomic E-state index is 0.585. The summed E-state index contributed by atoms with van der Waals surface area (Å²) in [5, 5.41) is 3.36. The van der Waals surface area contributed by atoms with Crippen LogP contribution in [0.5, 0.6) is 0 Å². The maximum atomic E-state index is 4.72. The molecule has 0 fully saturated rings. The largest absolute Gasteiger partial charge is 0.357 e. The Bertz CT molecular complexity index is 664. The van der Waals surface area contributed by atoms with Crippen LogP contribution in [0.1, 0.15) is 29.4 Å². The van der Waals surface area contributed by atoms with Crippen molar-refractivity contribution in [2.45, 2.75) is 33.9 Å². The summed E-state index contributed by atoms with van der Waals surface area (Å²) in [4.78, 5) is 11.4. The van der Waals surface area contributed by atoms with Gasteiger partial charge in [-0.25, -0.2) is 4.99 Å². The van der Waals surface area contributed by atoms with Crippen LogP contribution in [0.2, 0.25) is 0 Å². The van der Waals surface area contributed by atoms with E-state index in [9.17, 15) is 0 Å². The number of pyridine rings is 1. The normalized spacial score (nSPS) is 11.4. The van der Waals surface area contributed by atoms with Gasteiger partial charge in [-0.2, -0.15) is 0 Å². The number of benzene rings is 1. The van der Waals surface area contributed by atoms with E-state index in [4.69, 9.17) is 4.99 Å². The van der Waals surface area contributed by atoms with Crippen molar-refractivity contribution in [2.24, 2.45) is 4.99 Å². The lowest BCUT2D eigenvalue weighted by atomic mass is 10.1. The SMILES string of the molecule is CCNC(=NCc1cccc(C)n1)N(C)Cc1ccccc1C. The number of aliphatic imine (C=N–C) groups is 1. The van der Waals surface area contributed by atoms with Gasteiger partial charge in [-0.1, -0.05) is 30.3 Å². The highest BCUT2D eigenvalue weighted by molar-refractivity contribution is 5.79. The highest BCUT2D eigenvalue weighted by Gasteiger charge is 2.08. The Morgan fingerprint density at radius 1 is 1.13 bits per heavy atom. The van der Waals surface area contributed by atoms with E-state index in [1.165, 1.54) is 11.1 Å². The molecular weight excluding hydrogens is 284 g/mol. The zero-order valence-corrected chi connectivity index (χ0v) is 14.5. The smallest absolute Gasteiger partial charge is 0.194 e. The van der Waals surface area contributed by atoms with E-state index in [1.807, 2.05) is 25.1 Å². The molecule has 0 saturated heterocycles. The molecule has 2 rings (SSSR count). The number of hydrogen-bond donors (Lipinski definition) is 1. The number of nitrogens with zero attached hydrogens (tertiary/aromatic N) is 3. The van der Waals surface area contributed by atoms with Crippen molar-refractivity contribution in [3.8, 4) is 0 Å². The molecule has 122 valence electrons. The van der Waals surface area contributed by atoms with Crippen molar-refractivity contribution in [3.63, 3.8) is 0 Å². The first kappa shape index (κ1) is 17.0. The van der Waals surface area contributed by atoms with Gasteiger partial charge in [0, 0.05) is 25.8 Å². The van der Waals surface area contributed by atoms with Crippen molar-refractivity contribution >= 4 is 5.96 Å². The fraction of sp³-hybridized carbons (Fsp3) is 0.368. The predicted octanol–water partition coefficient (Wildman–Crippen LogP) is 3.30. The Morgan fingerprint density at radius 3 is 2.61 bits per heavy atom. The lowest BCUT2D eigenvalue weighted by Crippen LogP contribution is -2.38. The molecule has 0 bridgehead atoms.